The van der Waals surface area contributed by atoms with Gasteiger partial charge in [0, 0.05) is 13.8 Å². The smallest absolute Gasteiger partial charge is 0.404 e. The highest BCUT2D eigenvalue weighted by atomic mass is 16.8. The van der Waals surface area contributed by atoms with Gasteiger partial charge in [0.15, 0.2) is 6.10 Å². The molecule has 0 bridgehead atoms. The van der Waals surface area contributed by atoms with Crippen LogP contribution in [-0.2, 0) is 20.7 Å². The van der Waals surface area contributed by atoms with E-state index in [-0.39, 0.29) is 0 Å². The minimum absolute atomic E-state index is 0.350. The molecular formula is C14H17NO5. The molecule has 0 radical (unpaired) electrons. The van der Waals surface area contributed by atoms with E-state index in [0.29, 0.717) is 6.42 Å². The van der Waals surface area contributed by atoms with Crippen molar-refractivity contribution >= 4 is 12.1 Å². The molecule has 2 N–H and O–H groups in total. The molecule has 20 heavy (non-hydrogen) atoms. The van der Waals surface area contributed by atoms with Crippen molar-refractivity contribution in [2.75, 3.05) is 0 Å². The molecule has 1 aliphatic rings. The van der Waals surface area contributed by atoms with Gasteiger partial charge in [-0.1, -0.05) is 30.3 Å². The number of amides is 1. The molecule has 1 fully saturated rings. The van der Waals surface area contributed by atoms with Crippen LogP contribution in [0.5, 0.6) is 0 Å². The number of carbonyl (C=O) groups is 2. The molecule has 1 aliphatic heterocycles. The zero-order chi connectivity index (χ0) is 14.8. The first-order valence-corrected chi connectivity index (χ1v) is 6.31. The van der Waals surface area contributed by atoms with Crippen molar-refractivity contribution in [3.8, 4) is 0 Å². The standard InChI is InChI=1S/C14H17NO5/c1-14(2)19-11(12(16)20-14)10(15-13(17)18)8-9-6-4-3-5-7-9/h3-7,10-11,15H,8H2,1-2H3,(H,17,18)/t10?,11-/m1/s1. The van der Waals surface area contributed by atoms with Crippen LogP contribution in [0.15, 0.2) is 30.3 Å². The zero-order valence-corrected chi connectivity index (χ0v) is 11.3. The summed E-state index contributed by atoms with van der Waals surface area (Å²) in [7, 11) is 0. The van der Waals surface area contributed by atoms with Gasteiger partial charge in [0.05, 0.1) is 6.04 Å². The molecule has 108 valence electrons. The van der Waals surface area contributed by atoms with E-state index >= 15 is 0 Å². The predicted octanol–water partition coefficient (Wildman–Crippen LogP) is 1.54. The van der Waals surface area contributed by atoms with Crippen LogP contribution < -0.4 is 5.32 Å². The maximum Gasteiger partial charge on any atom is 0.404 e. The molecule has 1 heterocycles. The summed E-state index contributed by atoms with van der Waals surface area (Å²) < 4.78 is 10.6. The summed E-state index contributed by atoms with van der Waals surface area (Å²) >= 11 is 0. The molecule has 1 unspecified atom stereocenters. The molecule has 1 aromatic carbocycles. The molecule has 6 heteroatoms. The summed E-state index contributed by atoms with van der Waals surface area (Å²) in [5, 5.41) is 11.2. The fourth-order valence-corrected chi connectivity index (χ4v) is 2.19. The summed E-state index contributed by atoms with van der Waals surface area (Å²) in [6, 6.07) is 8.61. The number of hydrogen-bond donors (Lipinski definition) is 2. The van der Waals surface area contributed by atoms with Crippen LogP contribution in [-0.4, -0.2) is 35.1 Å². The average Bonchev–Trinajstić information content (AvgIpc) is 2.63. The highest BCUT2D eigenvalue weighted by Gasteiger charge is 2.45. The Balaban J connectivity index is 2.16. The van der Waals surface area contributed by atoms with Gasteiger partial charge in [-0.2, -0.15) is 0 Å². The third-order valence-corrected chi connectivity index (χ3v) is 2.96. The Morgan fingerprint density at radius 2 is 2.05 bits per heavy atom. The van der Waals surface area contributed by atoms with E-state index in [9.17, 15) is 9.59 Å². The fraction of sp³-hybridized carbons (Fsp3) is 0.429. The Hall–Kier alpha value is -2.08. The molecule has 0 saturated carbocycles. The van der Waals surface area contributed by atoms with Crippen molar-refractivity contribution in [3.63, 3.8) is 0 Å². The second-order valence-electron chi connectivity index (χ2n) is 5.11. The van der Waals surface area contributed by atoms with Crippen LogP contribution >= 0.6 is 0 Å². The van der Waals surface area contributed by atoms with Crippen molar-refractivity contribution < 1.29 is 24.2 Å². The minimum Gasteiger partial charge on any atom is -0.465 e. The van der Waals surface area contributed by atoms with E-state index < -0.39 is 30.0 Å². The number of ether oxygens (including phenoxy) is 2. The summed E-state index contributed by atoms with van der Waals surface area (Å²) in [4.78, 5) is 22.7. The number of carbonyl (C=O) groups excluding carboxylic acids is 1. The quantitative estimate of drug-likeness (QED) is 0.817. The maximum atomic E-state index is 11.8. The SMILES string of the molecule is CC1(C)OC(=O)[C@@H](C(Cc2ccccc2)NC(=O)O)O1. The lowest BCUT2D eigenvalue weighted by atomic mass is 10.0. The molecule has 0 aliphatic carbocycles. The summed E-state index contributed by atoms with van der Waals surface area (Å²) in [6.45, 7) is 3.23. The highest BCUT2D eigenvalue weighted by molar-refractivity contribution is 5.78. The first kappa shape index (κ1) is 14.3. The van der Waals surface area contributed by atoms with Crippen LogP contribution in [0.1, 0.15) is 19.4 Å². The van der Waals surface area contributed by atoms with Crippen molar-refractivity contribution in [1.82, 2.24) is 5.32 Å². The van der Waals surface area contributed by atoms with Gasteiger partial charge in [-0.15, -0.1) is 0 Å². The van der Waals surface area contributed by atoms with Crippen LogP contribution in [0, 0.1) is 0 Å². The number of cyclic esters (lactones) is 1. The molecule has 1 aromatic rings. The van der Waals surface area contributed by atoms with Gasteiger partial charge < -0.3 is 19.9 Å². The van der Waals surface area contributed by atoms with Crippen molar-refractivity contribution in [2.45, 2.75) is 38.2 Å². The summed E-state index contributed by atoms with van der Waals surface area (Å²) in [5.74, 6) is -1.58. The Kier molecular flexibility index (Phi) is 3.94. The number of hydrogen-bond acceptors (Lipinski definition) is 4. The van der Waals surface area contributed by atoms with E-state index in [1.165, 1.54) is 0 Å². The van der Waals surface area contributed by atoms with Gasteiger partial charge in [-0.25, -0.2) is 9.59 Å². The molecule has 2 rings (SSSR count). The third-order valence-electron chi connectivity index (χ3n) is 2.96. The topological polar surface area (TPSA) is 84.9 Å². The lowest BCUT2D eigenvalue weighted by Crippen LogP contribution is -2.47. The molecule has 0 spiro atoms. The molecule has 1 saturated heterocycles. The normalized spacial score (nSPS) is 22.1. The Morgan fingerprint density at radius 1 is 1.40 bits per heavy atom. The number of carboxylic acid groups (broad SMARTS) is 1. The summed E-state index contributed by atoms with van der Waals surface area (Å²) in [5.41, 5.74) is 0.910. The van der Waals surface area contributed by atoms with E-state index in [2.05, 4.69) is 5.32 Å². The van der Waals surface area contributed by atoms with Gasteiger partial charge >= 0.3 is 12.1 Å². The van der Waals surface area contributed by atoms with E-state index in [4.69, 9.17) is 14.6 Å². The molecule has 2 atom stereocenters. The highest BCUT2D eigenvalue weighted by Crippen LogP contribution is 2.26. The van der Waals surface area contributed by atoms with Gasteiger partial charge in [0.2, 0.25) is 5.79 Å². The van der Waals surface area contributed by atoms with Crippen molar-refractivity contribution in [2.24, 2.45) is 0 Å². The monoisotopic (exact) mass is 279 g/mol. The van der Waals surface area contributed by atoms with E-state index in [1.54, 1.807) is 13.8 Å². The lowest BCUT2D eigenvalue weighted by molar-refractivity contribution is -0.161. The van der Waals surface area contributed by atoms with Gasteiger partial charge in [0.1, 0.15) is 0 Å². The number of esters is 1. The lowest BCUT2D eigenvalue weighted by Gasteiger charge is -2.22. The molecule has 0 aromatic heterocycles. The minimum atomic E-state index is -1.20. The first-order valence-electron chi connectivity index (χ1n) is 6.31. The maximum absolute atomic E-state index is 11.8. The van der Waals surface area contributed by atoms with Crippen LogP contribution in [0.4, 0.5) is 4.79 Å². The Bertz CT molecular complexity index is 500. The third kappa shape index (κ3) is 3.48. The molecule has 1 amide bonds. The van der Waals surface area contributed by atoms with Crippen molar-refractivity contribution in [3.05, 3.63) is 35.9 Å². The van der Waals surface area contributed by atoms with Gasteiger partial charge in [0.25, 0.3) is 0 Å². The van der Waals surface area contributed by atoms with Crippen molar-refractivity contribution in [1.29, 1.82) is 0 Å². The second kappa shape index (κ2) is 5.50. The van der Waals surface area contributed by atoms with E-state index in [1.807, 2.05) is 30.3 Å². The Morgan fingerprint density at radius 3 is 2.55 bits per heavy atom. The number of benzene rings is 1. The van der Waals surface area contributed by atoms with Crippen LogP contribution in [0.2, 0.25) is 0 Å². The van der Waals surface area contributed by atoms with Gasteiger partial charge in [-0.05, 0) is 12.0 Å². The fourth-order valence-electron chi connectivity index (χ4n) is 2.19. The molecule has 6 nitrogen and oxygen atoms in total. The largest absolute Gasteiger partial charge is 0.465 e. The summed E-state index contributed by atoms with van der Waals surface area (Å²) in [6.07, 6.45) is -1.79. The second-order valence-corrected chi connectivity index (χ2v) is 5.11. The first-order chi connectivity index (χ1) is 9.37. The number of nitrogens with one attached hydrogen (secondary N) is 1. The van der Waals surface area contributed by atoms with Crippen LogP contribution in [0.25, 0.3) is 0 Å². The van der Waals surface area contributed by atoms with Crippen LogP contribution in [0.3, 0.4) is 0 Å². The average molecular weight is 279 g/mol. The zero-order valence-electron chi connectivity index (χ0n) is 11.3. The molecular weight excluding hydrogens is 262 g/mol. The van der Waals surface area contributed by atoms with E-state index in [0.717, 1.165) is 5.56 Å². The predicted molar refractivity (Wildman–Crippen MR) is 70.1 cm³/mol. The van der Waals surface area contributed by atoms with Gasteiger partial charge in [-0.3, -0.25) is 0 Å². The number of rotatable bonds is 4. The Labute approximate surface area is 116 Å².